The van der Waals surface area contributed by atoms with Crippen LogP contribution in [0.1, 0.15) is 29.1 Å². The smallest absolute Gasteiger partial charge is 0.280 e. The summed E-state index contributed by atoms with van der Waals surface area (Å²) in [5, 5.41) is 6.65. The molecular formula is C17H15ClF2IN5OS. The minimum atomic E-state index is -3.04. The molecule has 3 N–H and O–H groups in total. The molecule has 28 heavy (non-hydrogen) atoms. The molecule has 0 aliphatic heterocycles. The second kappa shape index (κ2) is 7.47. The number of rotatable bonds is 3. The fourth-order valence-electron chi connectivity index (χ4n) is 3.33. The lowest BCUT2D eigenvalue weighted by Gasteiger charge is -2.36. The lowest BCUT2D eigenvalue weighted by Crippen LogP contribution is -2.59. The third kappa shape index (κ3) is 3.62. The predicted molar refractivity (Wildman–Crippen MR) is 112 cm³/mol. The number of nitrogens with one attached hydrogen (secondary N) is 1. The predicted octanol–water partition coefficient (Wildman–Crippen LogP) is 3.96. The third-order valence-corrected chi connectivity index (χ3v) is 6.62. The van der Waals surface area contributed by atoms with Crippen LogP contribution in [0.5, 0.6) is 0 Å². The molecule has 0 radical (unpaired) electrons. The minimum absolute atomic E-state index is 0.0124. The van der Waals surface area contributed by atoms with Gasteiger partial charge in [-0.2, -0.15) is 5.10 Å². The third-order valence-electron chi connectivity index (χ3n) is 4.73. The Bertz CT molecular complexity index is 1060. The van der Waals surface area contributed by atoms with Gasteiger partial charge in [-0.3, -0.25) is 4.79 Å². The van der Waals surface area contributed by atoms with Crippen LogP contribution in [0.3, 0.4) is 0 Å². The van der Waals surface area contributed by atoms with E-state index >= 15 is 0 Å². The number of amides is 1. The van der Waals surface area contributed by atoms with Gasteiger partial charge >= 0.3 is 0 Å². The van der Waals surface area contributed by atoms with E-state index in [4.69, 9.17) is 17.3 Å². The number of nitrogens with two attached hydrogens (primary N) is 1. The summed E-state index contributed by atoms with van der Waals surface area (Å²) in [6, 6.07) is 1.58. The Hall–Kier alpha value is -1.37. The quantitative estimate of drug-likeness (QED) is 0.496. The van der Waals surface area contributed by atoms with E-state index in [1.165, 1.54) is 0 Å². The van der Waals surface area contributed by atoms with Crippen LogP contribution in [-0.2, 0) is 0 Å². The maximum atomic E-state index is 14.2. The zero-order chi connectivity index (χ0) is 20.1. The van der Waals surface area contributed by atoms with Gasteiger partial charge in [0.05, 0.1) is 11.7 Å². The average Bonchev–Trinajstić information content (AvgIpc) is 3.20. The Kier molecular flexibility index (Phi) is 5.31. The monoisotopic (exact) mass is 537 g/mol. The van der Waals surface area contributed by atoms with Gasteiger partial charge in [0, 0.05) is 27.8 Å². The summed E-state index contributed by atoms with van der Waals surface area (Å²) in [6.07, 6.45) is 3.93. The molecule has 148 valence electrons. The Balaban J connectivity index is 1.63. The maximum absolute atomic E-state index is 14.2. The van der Waals surface area contributed by atoms with Crippen molar-refractivity contribution in [3.05, 3.63) is 37.4 Å². The van der Waals surface area contributed by atoms with Gasteiger partial charge in [-0.15, -0.1) is 0 Å². The molecule has 3 heterocycles. The van der Waals surface area contributed by atoms with E-state index in [2.05, 4.69) is 38.0 Å². The summed E-state index contributed by atoms with van der Waals surface area (Å²) in [5.74, 6) is -3.75. The number of pyridine rings is 1. The molecular weight excluding hydrogens is 523 g/mol. The van der Waals surface area contributed by atoms with Crippen LogP contribution in [0.4, 0.5) is 8.78 Å². The summed E-state index contributed by atoms with van der Waals surface area (Å²) in [7, 11) is 0. The van der Waals surface area contributed by atoms with Crippen LogP contribution in [-0.4, -0.2) is 38.5 Å². The van der Waals surface area contributed by atoms with Crippen molar-refractivity contribution in [2.75, 3.05) is 0 Å². The van der Waals surface area contributed by atoms with Crippen LogP contribution < -0.4 is 11.1 Å². The first-order valence-corrected chi connectivity index (χ1v) is 10.8. The second-order valence-electron chi connectivity index (χ2n) is 6.64. The van der Waals surface area contributed by atoms with Gasteiger partial charge < -0.3 is 11.1 Å². The van der Waals surface area contributed by atoms with Crippen molar-refractivity contribution in [3.63, 3.8) is 0 Å². The summed E-state index contributed by atoms with van der Waals surface area (Å²) < 4.78 is 31.3. The summed E-state index contributed by atoms with van der Waals surface area (Å²) in [6.45, 7) is 0. The van der Waals surface area contributed by atoms with Gasteiger partial charge in [0.25, 0.3) is 11.8 Å². The highest BCUT2D eigenvalue weighted by Gasteiger charge is 2.46. The van der Waals surface area contributed by atoms with Crippen molar-refractivity contribution in [3.8, 4) is 11.3 Å². The molecule has 1 fully saturated rings. The van der Waals surface area contributed by atoms with Gasteiger partial charge in [-0.1, -0.05) is 22.9 Å². The Morgan fingerprint density at radius 2 is 2.25 bits per heavy atom. The van der Waals surface area contributed by atoms with E-state index in [1.807, 2.05) is 18.3 Å². The Morgan fingerprint density at radius 3 is 3.00 bits per heavy atom. The van der Waals surface area contributed by atoms with Crippen molar-refractivity contribution in [2.45, 2.75) is 37.3 Å². The lowest BCUT2D eigenvalue weighted by molar-refractivity contribution is -0.0674. The number of hydrogen-bond acceptors (Lipinski definition) is 5. The molecule has 2 atom stereocenters. The van der Waals surface area contributed by atoms with Gasteiger partial charge in [0.2, 0.25) is 0 Å². The number of thiazole rings is 1. The minimum Gasteiger partial charge on any atom is -0.340 e. The van der Waals surface area contributed by atoms with Crippen molar-refractivity contribution in [2.24, 2.45) is 5.73 Å². The van der Waals surface area contributed by atoms with Gasteiger partial charge in [0.1, 0.15) is 16.1 Å². The fraction of sp³-hybridized carbons (Fsp3) is 0.353. The first-order chi connectivity index (χ1) is 13.3. The van der Waals surface area contributed by atoms with Gasteiger partial charge in [-0.25, -0.2) is 18.3 Å². The Morgan fingerprint density at radius 1 is 1.46 bits per heavy atom. The van der Waals surface area contributed by atoms with E-state index in [0.29, 0.717) is 28.4 Å². The first-order valence-electron chi connectivity index (χ1n) is 8.50. The molecule has 1 aliphatic rings. The molecule has 1 saturated carbocycles. The number of halogens is 4. The standard InChI is InChI=1S/C17H15ClF2IN5OS/c18-14-12(9-6-23-26-7-8(21)3-4-11(9)26)24-16(28-14)15(27)25-13-10(22)2-1-5-17(13,19)20/h3-4,6-7,10,13H,1-2,5,22H2,(H,25,27)/t10-,13+/m0/s1. The van der Waals surface area contributed by atoms with Crippen molar-refractivity contribution < 1.29 is 13.6 Å². The summed E-state index contributed by atoms with van der Waals surface area (Å²) in [4.78, 5) is 16.9. The number of carbonyl (C=O) groups is 1. The molecule has 0 aromatic carbocycles. The van der Waals surface area contributed by atoms with Gasteiger partial charge in [0.15, 0.2) is 5.01 Å². The number of alkyl halides is 2. The van der Waals surface area contributed by atoms with Crippen molar-refractivity contribution in [1.82, 2.24) is 19.9 Å². The highest BCUT2D eigenvalue weighted by Crippen LogP contribution is 2.36. The van der Waals surface area contributed by atoms with E-state index in [-0.39, 0.29) is 11.4 Å². The molecule has 4 rings (SSSR count). The summed E-state index contributed by atoms with van der Waals surface area (Å²) in [5.41, 5.74) is 7.66. The molecule has 0 saturated heterocycles. The van der Waals surface area contributed by atoms with Crippen LogP contribution in [0, 0.1) is 3.57 Å². The maximum Gasteiger partial charge on any atom is 0.280 e. The second-order valence-corrected chi connectivity index (χ2v) is 9.49. The highest BCUT2D eigenvalue weighted by molar-refractivity contribution is 14.1. The number of hydrogen-bond donors (Lipinski definition) is 2. The average molecular weight is 538 g/mol. The molecule has 0 unspecified atom stereocenters. The topological polar surface area (TPSA) is 85.3 Å². The molecule has 3 aromatic heterocycles. The SMILES string of the molecule is N[C@H]1CCCC(F)(F)[C@@H]1NC(=O)c1nc(-c2cnn3cc(I)ccc23)c(Cl)s1. The highest BCUT2D eigenvalue weighted by atomic mass is 127. The fourth-order valence-corrected chi connectivity index (χ4v) is 4.85. The molecule has 3 aromatic rings. The molecule has 0 bridgehead atoms. The zero-order valence-corrected chi connectivity index (χ0v) is 18.1. The van der Waals surface area contributed by atoms with Crippen molar-refractivity contribution >= 4 is 57.0 Å². The molecule has 6 nitrogen and oxygen atoms in total. The van der Waals surface area contributed by atoms with Crippen LogP contribution >= 0.6 is 45.5 Å². The van der Waals surface area contributed by atoms with Crippen molar-refractivity contribution in [1.29, 1.82) is 0 Å². The zero-order valence-electron chi connectivity index (χ0n) is 14.3. The molecule has 11 heteroatoms. The number of carbonyl (C=O) groups excluding carboxylic acids is 1. The van der Waals surface area contributed by atoms with Crippen LogP contribution in [0.15, 0.2) is 24.5 Å². The van der Waals surface area contributed by atoms with Crippen LogP contribution in [0.25, 0.3) is 16.8 Å². The van der Waals surface area contributed by atoms with E-state index in [1.54, 1.807) is 10.7 Å². The first kappa shape index (κ1) is 19.9. The van der Waals surface area contributed by atoms with E-state index < -0.39 is 23.9 Å². The largest absolute Gasteiger partial charge is 0.340 e. The number of nitrogens with zero attached hydrogens (tertiary/aromatic N) is 3. The number of aromatic nitrogens is 3. The van der Waals surface area contributed by atoms with Gasteiger partial charge in [-0.05, 0) is 47.6 Å². The van der Waals surface area contributed by atoms with E-state index in [0.717, 1.165) is 20.4 Å². The normalized spacial score (nSPS) is 21.8. The van der Waals surface area contributed by atoms with E-state index in [9.17, 15) is 13.6 Å². The van der Waals surface area contributed by atoms with Crippen LogP contribution in [0.2, 0.25) is 4.34 Å². The number of fused-ring (bicyclic) bond motifs is 1. The molecule has 0 spiro atoms. The molecule has 1 aliphatic carbocycles. The lowest BCUT2D eigenvalue weighted by atomic mass is 9.87. The molecule has 1 amide bonds. The summed E-state index contributed by atoms with van der Waals surface area (Å²) >= 11 is 9.42. The Labute approximate surface area is 181 Å².